The van der Waals surface area contributed by atoms with Gasteiger partial charge >= 0.3 is 0 Å². The lowest BCUT2D eigenvalue weighted by Gasteiger charge is -2.35. The third-order valence-corrected chi connectivity index (χ3v) is 4.43. The van der Waals surface area contributed by atoms with Crippen molar-refractivity contribution in [2.24, 2.45) is 0 Å². The molecule has 0 aliphatic carbocycles. The van der Waals surface area contributed by atoms with Gasteiger partial charge in [-0.2, -0.15) is 0 Å². The summed E-state index contributed by atoms with van der Waals surface area (Å²) >= 11 is 0. The summed E-state index contributed by atoms with van der Waals surface area (Å²) in [5.41, 5.74) is 0. The van der Waals surface area contributed by atoms with Crippen LogP contribution in [0.4, 0.5) is 0 Å². The maximum absolute atomic E-state index is 12.3. The molecule has 2 amide bonds. The second-order valence-electron chi connectivity index (χ2n) is 5.56. The largest absolute Gasteiger partial charge is 0.340 e. The van der Waals surface area contributed by atoms with E-state index in [0.29, 0.717) is 26.2 Å². The van der Waals surface area contributed by atoms with Gasteiger partial charge in [0.1, 0.15) is 0 Å². The maximum atomic E-state index is 12.3. The first kappa shape index (κ1) is 16.2. The lowest BCUT2D eigenvalue weighted by atomic mass is 10.1. The monoisotopic (exact) mass is 318 g/mol. The summed E-state index contributed by atoms with van der Waals surface area (Å²) in [6.07, 6.45) is 2.60. The zero-order valence-electron chi connectivity index (χ0n) is 12.2. The maximum Gasteiger partial charge on any atom is 0.242 e. The van der Waals surface area contributed by atoms with Crippen molar-refractivity contribution in [3.63, 3.8) is 0 Å². The molecule has 2 heterocycles. The molecule has 0 bridgehead atoms. The minimum Gasteiger partial charge on any atom is -0.340 e. The van der Waals surface area contributed by atoms with Crippen LogP contribution in [0.1, 0.15) is 12.8 Å². The highest BCUT2D eigenvalue weighted by molar-refractivity contribution is 7.88. The molecule has 2 aliphatic heterocycles. The Morgan fingerprint density at radius 3 is 2.86 bits per heavy atom. The lowest BCUT2D eigenvalue weighted by molar-refractivity contribution is -0.141. The van der Waals surface area contributed by atoms with Gasteiger partial charge in [-0.05, 0) is 12.8 Å². The smallest absolute Gasteiger partial charge is 0.242 e. The van der Waals surface area contributed by atoms with Crippen molar-refractivity contribution >= 4 is 21.8 Å². The molecule has 1 atom stereocenters. The quantitative estimate of drug-likeness (QED) is 0.622. The number of nitrogens with one attached hydrogen (secondary N) is 2. The van der Waals surface area contributed by atoms with E-state index in [0.717, 1.165) is 19.1 Å². The van der Waals surface area contributed by atoms with Crippen LogP contribution in [0.15, 0.2) is 0 Å². The van der Waals surface area contributed by atoms with Crippen LogP contribution in [0.25, 0.3) is 0 Å². The highest BCUT2D eigenvalue weighted by Gasteiger charge is 2.28. The zero-order chi connectivity index (χ0) is 15.5. The Morgan fingerprint density at radius 1 is 1.43 bits per heavy atom. The Balaban J connectivity index is 1.88. The van der Waals surface area contributed by atoms with Crippen molar-refractivity contribution in [1.29, 1.82) is 0 Å². The Morgan fingerprint density at radius 2 is 2.19 bits per heavy atom. The number of rotatable bonds is 4. The number of carbonyl (C=O) groups excluding carboxylic acids is 2. The van der Waals surface area contributed by atoms with Gasteiger partial charge in [0.25, 0.3) is 0 Å². The second kappa shape index (κ2) is 6.71. The van der Waals surface area contributed by atoms with Crippen LogP contribution in [0.2, 0.25) is 0 Å². The number of likely N-dealkylation sites (tertiary alicyclic amines) is 1. The van der Waals surface area contributed by atoms with Gasteiger partial charge in [-0.1, -0.05) is 0 Å². The molecule has 9 heteroatoms. The molecule has 2 N–H and O–H groups in total. The van der Waals surface area contributed by atoms with Crippen molar-refractivity contribution in [1.82, 2.24) is 19.8 Å². The number of piperazine rings is 1. The predicted octanol–water partition coefficient (Wildman–Crippen LogP) is -2.04. The summed E-state index contributed by atoms with van der Waals surface area (Å²) in [4.78, 5) is 27.1. The van der Waals surface area contributed by atoms with E-state index in [1.807, 2.05) is 0 Å². The van der Waals surface area contributed by atoms with Crippen LogP contribution in [0.3, 0.4) is 0 Å². The van der Waals surface area contributed by atoms with Crippen molar-refractivity contribution in [2.75, 3.05) is 45.5 Å². The first-order valence-electron chi connectivity index (χ1n) is 7.09. The Kier molecular flexibility index (Phi) is 5.17. The lowest BCUT2D eigenvalue weighted by Crippen LogP contribution is -2.55. The van der Waals surface area contributed by atoms with E-state index in [9.17, 15) is 18.0 Å². The fourth-order valence-corrected chi connectivity index (χ4v) is 3.48. The van der Waals surface area contributed by atoms with Gasteiger partial charge in [-0.3, -0.25) is 9.59 Å². The number of piperidine rings is 1. The molecule has 0 aromatic rings. The standard InChI is InChI=1S/C12H22N4O4S/c1-21(19,20)14-10-3-2-5-15(8-10)12(18)9-16-6-4-13-7-11(16)17/h10,13-14H,2-9H2,1H3/t10-/m0/s1. The highest BCUT2D eigenvalue weighted by Crippen LogP contribution is 2.11. The molecule has 0 saturated carbocycles. The fourth-order valence-electron chi connectivity index (χ4n) is 2.68. The normalized spacial score (nSPS) is 24.2. The first-order valence-corrected chi connectivity index (χ1v) is 8.98. The SMILES string of the molecule is CS(=O)(=O)N[C@H]1CCCN(C(=O)CN2CCNCC2=O)C1. The van der Waals surface area contributed by atoms with Gasteiger partial charge in [-0.25, -0.2) is 13.1 Å². The Bertz CT molecular complexity index is 507. The molecular weight excluding hydrogens is 296 g/mol. The average Bonchev–Trinajstić information content (AvgIpc) is 2.39. The molecular formula is C12H22N4O4S. The van der Waals surface area contributed by atoms with E-state index >= 15 is 0 Å². The summed E-state index contributed by atoms with van der Waals surface area (Å²) in [7, 11) is -3.27. The van der Waals surface area contributed by atoms with Crippen LogP contribution in [0, 0.1) is 0 Å². The van der Waals surface area contributed by atoms with Crippen LogP contribution in [-0.4, -0.2) is 81.6 Å². The number of sulfonamides is 1. The van der Waals surface area contributed by atoms with Gasteiger partial charge in [0.2, 0.25) is 21.8 Å². The molecule has 2 saturated heterocycles. The molecule has 21 heavy (non-hydrogen) atoms. The molecule has 0 aromatic carbocycles. The minimum absolute atomic E-state index is 0.0718. The van der Waals surface area contributed by atoms with E-state index in [1.54, 1.807) is 9.80 Å². The van der Waals surface area contributed by atoms with Gasteiger partial charge in [0.15, 0.2) is 0 Å². The molecule has 0 spiro atoms. The van der Waals surface area contributed by atoms with Gasteiger partial charge in [0, 0.05) is 32.2 Å². The van der Waals surface area contributed by atoms with E-state index < -0.39 is 10.0 Å². The third-order valence-electron chi connectivity index (χ3n) is 3.67. The minimum atomic E-state index is -3.27. The van der Waals surface area contributed by atoms with Crippen LogP contribution in [0.5, 0.6) is 0 Å². The van der Waals surface area contributed by atoms with Gasteiger partial charge in [-0.15, -0.1) is 0 Å². The first-order chi connectivity index (χ1) is 9.85. The molecule has 8 nitrogen and oxygen atoms in total. The van der Waals surface area contributed by atoms with Crippen molar-refractivity contribution in [2.45, 2.75) is 18.9 Å². The molecule has 2 fully saturated rings. The van der Waals surface area contributed by atoms with Crippen LogP contribution in [-0.2, 0) is 19.6 Å². The summed E-state index contributed by atoms with van der Waals surface area (Å²) in [5, 5.41) is 2.96. The van der Waals surface area contributed by atoms with Crippen LogP contribution >= 0.6 is 0 Å². The summed E-state index contributed by atoms with van der Waals surface area (Å²) < 4.78 is 25.1. The number of carbonyl (C=O) groups is 2. The van der Waals surface area contributed by atoms with E-state index in [-0.39, 0.29) is 30.9 Å². The molecule has 0 radical (unpaired) electrons. The summed E-state index contributed by atoms with van der Waals surface area (Å²) in [6, 6.07) is -0.239. The summed E-state index contributed by atoms with van der Waals surface area (Å²) in [6.45, 7) is 2.55. The van der Waals surface area contributed by atoms with Gasteiger partial charge < -0.3 is 15.1 Å². The number of hydrogen-bond donors (Lipinski definition) is 2. The molecule has 2 rings (SSSR count). The Hall–Kier alpha value is -1.19. The Labute approximate surface area is 124 Å². The molecule has 0 unspecified atom stereocenters. The topological polar surface area (TPSA) is 98.8 Å². The molecule has 2 aliphatic rings. The van der Waals surface area contributed by atoms with E-state index in [1.165, 1.54) is 0 Å². The number of amides is 2. The predicted molar refractivity (Wildman–Crippen MR) is 77.0 cm³/mol. The molecule has 0 aromatic heterocycles. The summed E-state index contributed by atoms with van der Waals surface area (Å²) in [5.74, 6) is -0.192. The second-order valence-corrected chi connectivity index (χ2v) is 7.34. The van der Waals surface area contributed by atoms with E-state index in [4.69, 9.17) is 0 Å². The highest BCUT2D eigenvalue weighted by atomic mass is 32.2. The zero-order valence-corrected chi connectivity index (χ0v) is 13.0. The third kappa shape index (κ3) is 4.94. The number of nitrogens with zero attached hydrogens (tertiary/aromatic N) is 2. The molecule has 120 valence electrons. The van der Waals surface area contributed by atoms with Gasteiger partial charge in [0.05, 0.1) is 19.3 Å². The van der Waals surface area contributed by atoms with Crippen molar-refractivity contribution < 1.29 is 18.0 Å². The average molecular weight is 318 g/mol. The van der Waals surface area contributed by atoms with Crippen LogP contribution < -0.4 is 10.0 Å². The van der Waals surface area contributed by atoms with Crippen molar-refractivity contribution in [3.05, 3.63) is 0 Å². The van der Waals surface area contributed by atoms with Crippen molar-refractivity contribution in [3.8, 4) is 0 Å². The number of hydrogen-bond acceptors (Lipinski definition) is 5. The van der Waals surface area contributed by atoms with E-state index in [2.05, 4.69) is 10.0 Å². The fraction of sp³-hybridized carbons (Fsp3) is 0.833.